The van der Waals surface area contributed by atoms with Crippen LogP contribution in [0.3, 0.4) is 0 Å². The van der Waals surface area contributed by atoms with Gasteiger partial charge < -0.3 is 10.2 Å². The van der Waals surface area contributed by atoms with E-state index >= 15 is 0 Å². The van der Waals surface area contributed by atoms with E-state index in [1.54, 1.807) is 30.3 Å². The molecule has 0 heterocycles. The maximum atomic E-state index is 12.7. The summed E-state index contributed by atoms with van der Waals surface area (Å²) in [5.41, 5.74) is 0.231. The monoisotopic (exact) mass is 290 g/mol. The molecule has 0 saturated carbocycles. The summed E-state index contributed by atoms with van der Waals surface area (Å²) >= 11 is 0. The maximum Gasteiger partial charge on any atom is 0.201 e. The molecule has 4 heteroatoms. The summed E-state index contributed by atoms with van der Waals surface area (Å²) in [6.45, 7) is 0. The average molecular weight is 290 g/mol. The Morgan fingerprint density at radius 3 is 2.32 bits per heavy atom. The summed E-state index contributed by atoms with van der Waals surface area (Å²) < 4.78 is 0. The molecular weight excluding hydrogens is 280 g/mol. The van der Waals surface area contributed by atoms with E-state index in [1.807, 2.05) is 0 Å². The van der Waals surface area contributed by atoms with Crippen molar-refractivity contribution in [2.24, 2.45) is 0 Å². The third-order valence-electron chi connectivity index (χ3n) is 4.01. The first-order valence-corrected chi connectivity index (χ1v) is 6.75. The smallest absolute Gasteiger partial charge is 0.201 e. The molecule has 0 unspecified atom stereocenters. The van der Waals surface area contributed by atoms with Crippen LogP contribution in [0.25, 0.3) is 10.8 Å². The second-order valence-corrected chi connectivity index (χ2v) is 5.23. The Balaban J connectivity index is 2.14. The van der Waals surface area contributed by atoms with E-state index in [1.165, 1.54) is 18.2 Å². The average Bonchev–Trinajstić information content (AvgIpc) is 2.52. The first kappa shape index (κ1) is 12.6. The fourth-order valence-electron chi connectivity index (χ4n) is 2.98. The molecule has 4 nitrogen and oxygen atoms in total. The standard InChI is InChI=1S/C18H10O4/c19-13-7-3-6-11-14(13)18(22)15-12(16(11)20)8-9-4-1-2-5-10(9)17(15)21/h1-8,19,21H. The van der Waals surface area contributed by atoms with Gasteiger partial charge in [-0.15, -0.1) is 0 Å². The van der Waals surface area contributed by atoms with Gasteiger partial charge in [-0.2, -0.15) is 0 Å². The van der Waals surface area contributed by atoms with Gasteiger partial charge in [0.15, 0.2) is 5.78 Å². The van der Waals surface area contributed by atoms with E-state index in [0.717, 1.165) is 0 Å². The van der Waals surface area contributed by atoms with Crippen molar-refractivity contribution in [2.45, 2.75) is 0 Å². The Morgan fingerprint density at radius 2 is 1.50 bits per heavy atom. The molecule has 4 rings (SSSR count). The topological polar surface area (TPSA) is 74.6 Å². The molecule has 106 valence electrons. The summed E-state index contributed by atoms with van der Waals surface area (Å²) in [5.74, 6) is -1.39. The number of ketones is 2. The molecule has 0 atom stereocenters. The van der Waals surface area contributed by atoms with Crippen molar-refractivity contribution in [3.63, 3.8) is 0 Å². The third-order valence-corrected chi connectivity index (χ3v) is 4.01. The second kappa shape index (κ2) is 4.18. The summed E-state index contributed by atoms with van der Waals surface area (Å²) in [6, 6.07) is 13.0. The fraction of sp³-hybridized carbons (Fsp3) is 0. The Labute approximate surface area is 125 Å². The number of rotatable bonds is 0. The fourth-order valence-corrected chi connectivity index (χ4v) is 2.98. The molecule has 2 N–H and O–H groups in total. The molecule has 0 spiro atoms. The molecule has 3 aromatic carbocycles. The maximum absolute atomic E-state index is 12.7. The van der Waals surface area contributed by atoms with Crippen LogP contribution >= 0.6 is 0 Å². The summed E-state index contributed by atoms with van der Waals surface area (Å²) in [6.07, 6.45) is 0. The number of benzene rings is 3. The molecule has 0 fully saturated rings. The van der Waals surface area contributed by atoms with Crippen molar-refractivity contribution in [1.82, 2.24) is 0 Å². The van der Waals surface area contributed by atoms with E-state index in [-0.39, 0.29) is 39.5 Å². The van der Waals surface area contributed by atoms with Crippen molar-refractivity contribution in [3.8, 4) is 11.5 Å². The highest BCUT2D eigenvalue weighted by molar-refractivity contribution is 6.31. The summed E-state index contributed by atoms with van der Waals surface area (Å²) in [7, 11) is 0. The van der Waals surface area contributed by atoms with Crippen molar-refractivity contribution in [3.05, 3.63) is 70.8 Å². The van der Waals surface area contributed by atoms with Crippen LogP contribution in [0.1, 0.15) is 31.8 Å². The van der Waals surface area contributed by atoms with Crippen LogP contribution in [0, 0.1) is 0 Å². The molecule has 0 aromatic heterocycles. The zero-order valence-electron chi connectivity index (χ0n) is 11.3. The number of phenolic OH excluding ortho intramolecular Hbond substituents is 2. The van der Waals surface area contributed by atoms with Gasteiger partial charge in [0.1, 0.15) is 11.5 Å². The van der Waals surface area contributed by atoms with Crippen LogP contribution in [0.4, 0.5) is 0 Å². The van der Waals surface area contributed by atoms with Gasteiger partial charge in [-0.1, -0.05) is 36.4 Å². The third kappa shape index (κ3) is 1.46. The van der Waals surface area contributed by atoms with E-state index in [0.29, 0.717) is 10.8 Å². The zero-order chi connectivity index (χ0) is 15.4. The molecule has 0 bridgehead atoms. The lowest BCUT2D eigenvalue weighted by molar-refractivity contribution is 0.0974. The summed E-state index contributed by atoms with van der Waals surface area (Å²) in [4.78, 5) is 25.3. The highest BCUT2D eigenvalue weighted by Crippen LogP contribution is 2.40. The lowest BCUT2D eigenvalue weighted by Crippen LogP contribution is -2.21. The van der Waals surface area contributed by atoms with Gasteiger partial charge in [0.2, 0.25) is 5.78 Å². The molecule has 22 heavy (non-hydrogen) atoms. The molecule has 0 aliphatic heterocycles. The number of hydrogen-bond acceptors (Lipinski definition) is 4. The lowest BCUT2D eigenvalue weighted by Gasteiger charge is -2.20. The lowest BCUT2D eigenvalue weighted by atomic mass is 9.81. The SMILES string of the molecule is O=C1c2cccc(O)c2C(=O)c2c1cc1ccccc1c2O. The van der Waals surface area contributed by atoms with Crippen LogP contribution in [0.5, 0.6) is 11.5 Å². The number of aromatic hydroxyl groups is 2. The summed E-state index contributed by atoms with van der Waals surface area (Å²) in [5, 5.41) is 21.5. The van der Waals surface area contributed by atoms with E-state index in [2.05, 4.69) is 0 Å². The van der Waals surface area contributed by atoms with Gasteiger partial charge in [0.05, 0.1) is 11.1 Å². The Bertz CT molecular complexity index is 986. The van der Waals surface area contributed by atoms with Gasteiger partial charge in [-0.3, -0.25) is 9.59 Å². The first-order chi connectivity index (χ1) is 10.6. The largest absolute Gasteiger partial charge is 0.507 e. The normalized spacial score (nSPS) is 13.1. The molecular formula is C18H10O4. The van der Waals surface area contributed by atoms with Gasteiger partial charge in [0.25, 0.3) is 0 Å². The van der Waals surface area contributed by atoms with Gasteiger partial charge >= 0.3 is 0 Å². The molecule has 1 aliphatic carbocycles. The molecule has 1 aliphatic rings. The van der Waals surface area contributed by atoms with E-state index in [9.17, 15) is 19.8 Å². The van der Waals surface area contributed by atoms with Gasteiger partial charge in [-0.05, 0) is 17.5 Å². The number of carbonyl (C=O) groups excluding carboxylic acids is 2. The van der Waals surface area contributed by atoms with Gasteiger partial charge in [-0.25, -0.2) is 0 Å². The molecule has 3 aromatic rings. The number of fused-ring (bicyclic) bond motifs is 3. The van der Waals surface area contributed by atoms with Crippen LogP contribution in [0.2, 0.25) is 0 Å². The minimum Gasteiger partial charge on any atom is -0.507 e. The highest BCUT2D eigenvalue weighted by atomic mass is 16.3. The first-order valence-electron chi connectivity index (χ1n) is 6.75. The highest BCUT2D eigenvalue weighted by Gasteiger charge is 2.34. The number of phenols is 2. The van der Waals surface area contributed by atoms with Gasteiger partial charge in [0, 0.05) is 16.5 Å². The predicted octanol–water partition coefficient (Wildman–Crippen LogP) is 3.03. The Morgan fingerprint density at radius 1 is 0.727 bits per heavy atom. The predicted molar refractivity (Wildman–Crippen MR) is 80.6 cm³/mol. The van der Waals surface area contributed by atoms with Crippen LogP contribution in [-0.4, -0.2) is 21.8 Å². The Kier molecular flexibility index (Phi) is 2.39. The quantitative estimate of drug-likeness (QED) is 0.522. The Hall–Kier alpha value is -3.14. The second-order valence-electron chi connectivity index (χ2n) is 5.23. The van der Waals surface area contributed by atoms with E-state index < -0.39 is 5.78 Å². The van der Waals surface area contributed by atoms with Crippen molar-refractivity contribution in [1.29, 1.82) is 0 Å². The minimum atomic E-state index is -0.536. The minimum absolute atomic E-state index is 0.0438. The zero-order valence-corrected chi connectivity index (χ0v) is 11.3. The van der Waals surface area contributed by atoms with Crippen LogP contribution in [-0.2, 0) is 0 Å². The molecule has 0 saturated heterocycles. The van der Waals surface area contributed by atoms with E-state index in [4.69, 9.17) is 0 Å². The van der Waals surface area contributed by atoms with Crippen molar-refractivity contribution in [2.75, 3.05) is 0 Å². The van der Waals surface area contributed by atoms with Crippen LogP contribution < -0.4 is 0 Å². The van der Waals surface area contributed by atoms with Crippen LogP contribution in [0.15, 0.2) is 48.5 Å². The number of carbonyl (C=O) groups is 2. The van der Waals surface area contributed by atoms with Crippen molar-refractivity contribution < 1.29 is 19.8 Å². The molecule has 0 amide bonds. The molecule has 0 radical (unpaired) electrons. The number of hydrogen-bond donors (Lipinski definition) is 2. The van der Waals surface area contributed by atoms with Crippen molar-refractivity contribution >= 4 is 22.3 Å².